The monoisotopic (exact) mass is 426 g/mol. The van der Waals surface area contributed by atoms with Crippen LogP contribution in [0, 0.1) is 0 Å². The van der Waals surface area contributed by atoms with E-state index in [1.165, 1.54) is 33.4 Å². The van der Waals surface area contributed by atoms with Crippen LogP contribution >= 0.6 is 57.1 Å². The molecule has 0 bridgehead atoms. The highest BCUT2D eigenvalue weighted by Crippen LogP contribution is 2.47. The Morgan fingerprint density at radius 3 is 1.60 bits per heavy atom. The summed E-state index contributed by atoms with van der Waals surface area (Å²) in [7, 11) is 0. The number of hydrogen-bond donors (Lipinski definition) is 2. The van der Waals surface area contributed by atoms with E-state index in [2.05, 4.69) is 93.5 Å². The SMILES string of the molecule is SCC(CS)=C1c2cc(Br)ccc2-c2ccc(Br)cc21. The molecule has 0 N–H and O–H groups in total. The Hall–Kier alpha value is -0.160. The highest BCUT2D eigenvalue weighted by molar-refractivity contribution is 9.10. The van der Waals surface area contributed by atoms with Crippen LogP contribution in [0.3, 0.4) is 0 Å². The highest BCUT2D eigenvalue weighted by Gasteiger charge is 2.25. The molecule has 0 atom stereocenters. The van der Waals surface area contributed by atoms with Gasteiger partial charge in [-0.1, -0.05) is 44.0 Å². The van der Waals surface area contributed by atoms with Gasteiger partial charge in [0.15, 0.2) is 0 Å². The number of benzene rings is 2. The van der Waals surface area contributed by atoms with Crippen LogP contribution in [0.15, 0.2) is 50.9 Å². The topological polar surface area (TPSA) is 0 Å². The molecule has 20 heavy (non-hydrogen) atoms. The maximum Gasteiger partial charge on any atom is 0.0181 e. The first kappa shape index (κ1) is 14.8. The Labute approximate surface area is 146 Å². The third kappa shape index (κ3) is 2.41. The lowest BCUT2D eigenvalue weighted by Gasteiger charge is -2.10. The van der Waals surface area contributed by atoms with E-state index in [4.69, 9.17) is 0 Å². The van der Waals surface area contributed by atoms with Crippen molar-refractivity contribution in [1.29, 1.82) is 0 Å². The first-order chi connectivity index (χ1) is 9.65. The molecule has 2 aromatic carbocycles. The van der Waals surface area contributed by atoms with Gasteiger partial charge < -0.3 is 0 Å². The number of halogens is 2. The molecule has 1 aliphatic rings. The fraction of sp³-hybridized carbons (Fsp3) is 0.125. The molecule has 4 heteroatoms. The van der Waals surface area contributed by atoms with Crippen molar-refractivity contribution >= 4 is 62.7 Å². The average Bonchev–Trinajstić information content (AvgIpc) is 2.74. The van der Waals surface area contributed by atoms with Gasteiger partial charge in [-0.15, -0.1) is 0 Å². The maximum atomic E-state index is 4.48. The maximum absolute atomic E-state index is 4.48. The predicted molar refractivity (Wildman–Crippen MR) is 101 cm³/mol. The Balaban J connectivity index is 2.39. The van der Waals surface area contributed by atoms with E-state index >= 15 is 0 Å². The van der Waals surface area contributed by atoms with Crippen molar-refractivity contribution < 1.29 is 0 Å². The molecule has 0 aliphatic heterocycles. The van der Waals surface area contributed by atoms with Gasteiger partial charge in [0.05, 0.1) is 0 Å². The quantitative estimate of drug-likeness (QED) is 0.470. The Kier molecular flexibility index (Phi) is 4.37. The van der Waals surface area contributed by atoms with Crippen LogP contribution < -0.4 is 0 Å². The Morgan fingerprint density at radius 1 is 0.750 bits per heavy atom. The van der Waals surface area contributed by atoms with E-state index in [1.807, 2.05) is 0 Å². The summed E-state index contributed by atoms with van der Waals surface area (Å²) in [5.41, 5.74) is 7.64. The molecular weight excluding hydrogens is 416 g/mol. The zero-order valence-corrected chi connectivity index (χ0v) is 15.5. The summed E-state index contributed by atoms with van der Waals surface area (Å²) < 4.78 is 2.19. The molecule has 0 amide bonds. The summed E-state index contributed by atoms with van der Waals surface area (Å²) in [4.78, 5) is 0. The van der Waals surface area contributed by atoms with E-state index in [1.54, 1.807) is 0 Å². The van der Waals surface area contributed by atoms with Crippen LogP contribution in [0.4, 0.5) is 0 Å². The van der Waals surface area contributed by atoms with E-state index in [0.29, 0.717) is 0 Å². The van der Waals surface area contributed by atoms with Crippen LogP contribution in [-0.4, -0.2) is 11.5 Å². The van der Waals surface area contributed by atoms with Crippen molar-refractivity contribution in [1.82, 2.24) is 0 Å². The first-order valence-corrected chi connectivity index (χ1v) is 9.04. The molecule has 0 heterocycles. The van der Waals surface area contributed by atoms with Gasteiger partial charge in [0.1, 0.15) is 0 Å². The van der Waals surface area contributed by atoms with Crippen molar-refractivity contribution in [2.45, 2.75) is 0 Å². The standard InChI is InChI=1S/C16H12Br2S2/c17-10-1-3-12-13-4-2-11(18)6-15(13)16(14(12)5-10)9(7-19)8-20/h1-6,19-20H,7-8H2. The number of fused-ring (bicyclic) bond motifs is 3. The number of hydrogen-bond acceptors (Lipinski definition) is 2. The van der Waals surface area contributed by atoms with Gasteiger partial charge in [-0.25, -0.2) is 0 Å². The Morgan fingerprint density at radius 2 is 1.20 bits per heavy atom. The van der Waals surface area contributed by atoms with Gasteiger partial charge in [-0.3, -0.25) is 0 Å². The fourth-order valence-electron chi connectivity index (χ4n) is 2.65. The second kappa shape index (κ2) is 5.91. The van der Waals surface area contributed by atoms with Gasteiger partial charge in [0, 0.05) is 20.5 Å². The fourth-order valence-corrected chi connectivity index (χ4v) is 4.09. The minimum Gasteiger partial charge on any atom is -0.175 e. The van der Waals surface area contributed by atoms with Crippen molar-refractivity contribution in [3.05, 3.63) is 62.0 Å². The van der Waals surface area contributed by atoms with Crippen molar-refractivity contribution in [3.8, 4) is 11.1 Å². The van der Waals surface area contributed by atoms with Crippen molar-refractivity contribution in [2.75, 3.05) is 11.5 Å². The summed E-state index contributed by atoms with van der Waals surface area (Å²) in [5.74, 6) is 1.44. The van der Waals surface area contributed by atoms with Crippen LogP contribution in [0.25, 0.3) is 16.7 Å². The zero-order valence-electron chi connectivity index (χ0n) is 10.5. The van der Waals surface area contributed by atoms with Gasteiger partial charge in [-0.2, -0.15) is 25.3 Å². The third-order valence-corrected chi connectivity index (χ3v) is 5.28. The lowest BCUT2D eigenvalue weighted by Crippen LogP contribution is -1.95. The Bertz CT molecular complexity index is 661. The molecule has 102 valence electrons. The van der Waals surface area contributed by atoms with Gasteiger partial charge in [0.25, 0.3) is 0 Å². The molecule has 0 saturated heterocycles. The molecular formula is C16H12Br2S2. The van der Waals surface area contributed by atoms with Gasteiger partial charge in [0.2, 0.25) is 0 Å². The third-order valence-electron chi connectivity index (χ3n) is 3.53. The average molecular weight is 428 g/mol. The van der Waals surface area contributed by atoms with Crippen molar-refractivity contribution in [2.24, 2.45) is 0 Å². The summed E-state index contributed by atoms with van der Waals surface area (Å²) in [6.07, 6.45) is 0. The minimum absolute atomic E-state index is 0.719. The summed E-state index contributed by atoms with van der Waals surface area (Å²) in [6.45, 7) is 0. The largest absolute Gasteiger partial charge is 0.175 e. The highest BCUT2D eigenvalue weighted by atomic mass is 79.9. The molecule has 1 aliphatic carbocycles. The minimum atomic E-state index is 0.719. The predicted octanol–water partition coefficient (Wildman–Crippen LogP) is 5.85. The normalized spacial score (nSPS) is 12.3. The second-order valence-corrected chi connectivity index (χ2v) is 7.14. The zero-order chi connectivity index (χ0) is 14.3. The second-order valence-electron chi connectivity index (χ2n) is 4.67. The molecule has 0 fully saturated rings. The summed E-state index contributed by atoms with van der Waals surface area (Å²) in [5, 5.41) is 0. The molecule has 0 aromatic heterocycles. The molecule has 0 saturated carbocycles. The van der Waals surface area contributed by atoms with E-state index in [0.717, 1.165) is 20.5 Å². The molecule has 0 nitrogen and oxygen atoms in total. The molecule has 0 spiro atoms. The van der Waals surface area contributed by atoms with Gasteiger partial charge >= 0.3 is 0 Å². The smallest absolute Gasteiger partial charge is 0.0181 e. The van der Waals surface area contributed by atoms with Crippen LogP contribution in [0.2, 0.25) is 0 Å². The van der Waals surface area contributed by atoms with E-state index < -0.39 is 0 Å². The van der Waals surface area contributed by atoms with Crippen LogP contribution in [0.5, 0.6) is 0 Å². The number of rotatable bonds is 2. The lowest BCUT2D eigenvalue weighted by atomic mass is 10.00. The van der Waals surface area contributed by atoms with Crippen molar-refractivity contribution in [3.63, 3.8) is 0 Å². The molecule has 2 aromatic rings. The van der Waals surface area contributed by atoms with Crippen LogP contribution in [0.1, 0.15) is 11.1 Å². The lowest BCUT2D eigenvalue weighted by molar-refractivity contribution is 1.43. The van der Waals surface area contributed by atoms with Gasteiger partial charge in [-0.05, 0) is 57.7 Å². The molecule has 0 radical (unpaired) electrons. The van der Waals surface area contributed by atoms with E-state index in [-0.39, 0.29) is 0 Å². The summed E-state index contributed by atoms with van der Waals surface area (Å²) in [6, 6.07) is 12.9. The van der Waals surface area contributed by atoms with E-state index in [9.17, 15) is 0 Å². The first-order valence-electron chi connectivity index (χ1n) is 6.19. The molecule has 0 unspecified atom stereocenters. The molecule has 3 rings (SSSR count). The van der Waals surface area contributed by atoms with Crippen LogP contribution in [-0.2, 0) is 0 Å². The summed E-state index contributed by atoms with van der Waals surface area (Å²) >= 11 is 16.1. The number of thiol groups is 2.